The lowest BCUT2D eigenvalue weighted by atomic mass is 9.91. The van der Waals surface area contributed by atoms with E-state index in [0.717, 1.165) is 12.0 Å². The predicted octanol–water partition coefficient (Wildman–Crippen LogP) is 2.59. The Hall–Kier alpha value is -0.770. The van der Waals surface area contributed by atoms with Gasteiger partial charge in [0, 0.05) is 0 Å². The van der Waals surface area contributed by atoms with Crippen LogP contribution in [0.2, 0.25) is 5.02 Å². The Kier molecular flexibility index (Phi) is 5.75. The smallest absolute Gasteiger partial charge is 0.137 e. The van der Waals surface area contributed by atoms with Gasteiger partial charge >= 0.3 is 0 Å². The minimum absolute atomic E-state index is 0.195. The number of benzene rings is 1. The number of hydrogen-bond donors (Lipinski definition) is 2. The third-order valence-electron chi connectivity index (χ3n) is 2.91. The molecule has 1 aromatic carbocycles. The van der Waals surface area contributed by atoms with Crippen LogP contribution >= 0.6 is 11.6 Å². The molecule has 0 aromatic heterocycles. The molecule has 0 fully saturated rings. The van der Waals surface area contributed by atoms with E-state index in [1.54, 1.807) is 7.11 Å². The molecule has 0 aliphatic carbocycles. The van der Waals surface area contributed by atoms with Gasteiger partial charge in [0.1, 0.15) is 5.75 Å². The lowest BCUT2D eigenvalue weighted by Gasteiger charge is -2.19. The van der Waals surface area contributed by atoms with Crippen LogP contribution in [0.1, 0.15) is 31.2 Å². The Bertz CT molecular complexity index is 355. The van der Waals surface area contributed by atoms with Gasteiger partial charge in [-0.15, -0.1) is 0 Å². The molecule has 0 radical (unpaired) electrons. The number of hydrogen-bond acceptors (Lipinski definition) is 3. The summed E-state index contributed by atoms with van der Waals surface area (Å²) in [5.74, 6) is 0.841. The van der Waals surface area contributed by atoms with E-state index < -0.39 is 6.10 Å². The minimum Gasteiger partial charge on any atom is -0.495 e. The number of rotatable bonds is 6. The van der Waals surface area contributed by atoms with E-state index in [9.17, 15) is 5.11 Å². The quantitative estimate of drug-likeness (QED) is 0.825. The first-order chi connectivity index (χ1) is 8.12. The van der Waals surface area contributed by atoms with Crippen molar-refractivity contribution in [1.29, 1.82) is 0 Å². The zero-order chi connectivity index (χ0) is 12.8. The first-order valence-electron chi connectivity index (χ1n) is 5.74. The van der Waals surface area contributed by atoms with Crippen molar-refractivity contribution in [3.63, 3.8) is 0 Å². The van der Waals surface area contributed by atoms with Crippen molar-refractivity contribution >= 4 is 11.6 Å². The Labute approximate surface area is 107 Å². The van der Waals surface area contributed by atoms with Gasteiger partial charge in [-0.05, 0) is 36.5 Å². The van der Waals surface area contributed by atoms with Crippen molar-refractivity contribution in [2.24, 2.45) is 0 Å². The second kappa shape index (κ2) is 6.84. The summed E-state index contributed by atoms with van der Waals surface area (Å²) in [7, 11) is 1.58. The molecule has 0 bridgehead atoms. The lowest BCUT2D eigenvalue weighted by Crippen LogP contribution is -2.16. The Morgan fingerprint density at radius 3 is 2.59 bits per heavy atom. The first-order valence-corrected chi connectivity index (χ1v) is 6.12. The largest absolute Gasteiger partial charge is 0.495 e. The maximum atomic E-state index is 9.48. The topological polar surface area (TPSA) is 49.7 Å². The summed E-state index contributed by atoms with van der Waals surface area (Å²) in [6, 6.07) is 5.63. The van der Waals surface area contributed by atoms with Gasteiger partial charge in [0.15, 0.2) is 0 Å². The van der Waals surface area contributed by atoms with E-state index in [-0.39, 0.29) is 12.5 Å². The molecule has 2 N–H and O–H groups in total. The fourth-order valence-electron chi connectivity index (χ4n) is 1.88. The zero-order valence-electron chi connectivity index (χ0n) is 10.2. The van der Waals surface area contributed by atoms with Crippen molar-refractivity contribution < 1.29 is 14.9 Å². The van der Waals surface area contributed by atoms with Crippen molar-refractivity contribution in [1.82, 2.24) is 0 Å². The molecule has 0 saturated carbocycles. The van der Waals surface area contributed by atoms with Gasteiger partial charge < -0.3 is 14.9 Å². The minimum atomic E-state index is -0.680. The Balaban J connectivity index is 2.85. The third kappa shape index (κ3) is 3.87. The molecule has 0 amide bonds. The maximum Gasteiger partial charge on any atom is 0.137 e. The van der Waals surface area contributed by atoms with Gasteiger partial charge in [0.2, 0.25) is 0 Å². The first kappa shape index (κ1) is 14.3. The summed E-state index contributed by atoms with van der Waals surface area (Å²) < 4.78 is 5.09. The van der Waals surface area contributed by atoms with Gasteiger partial charge in [-0.25, -0.2) is 0 Å². The van der Waals surface area contributed by atoms with Crippen LogP contribution in [0, 0.1) is 0 Å². The molecule has 3 nitrogen and oxygen atoms in total. The standard InChI is InChI=1S/C13H19ClO3/c1-3-9(6-11(16)8-15)10-4-5-13(17-2)12(14)7-10/h4-5,7,9,11,15-16H,3,6,8H2,1-2H3. The van der Waals surface area contributed by atoms with Crippen molar-refractivity contribution in [2.45, 2.75) is 31.8 Å². The maximum absolute atomic E-state index is 9.48. The van der Waals surface area contributed by atoms with Crippen LogP contribution in [0.4, 0.5) is 0 Å². The average molecular weight is 259 g/mol. The number of ether oxygens (including phenoxy) is 1. The number of aliphatic hydroxyl groups is 2. The second-order valence-corrected chi connectivity index (χ2v) is 4.48. The summed E-state index contributed by atoms with van der Waals surface area (Å²) in [5, 5.41) is 18.9. The third-order valence-corrected chi connectivity index (χ3v) is 3.20. The van der Waals surface area contributed by atoms with Crippen molar-refractivity contribution in [2.75, 3.05) is 13.7 Å². The zero-order valence-corrected chi connectivity index (χ0v) is 10.9. The normalized spacial score (nSPS) is 14.4. The number of methoxy groups -OCH3 is 1. The summed E-state index contributed by atoms with van der Waals surface area (Å²) in [6.07, 6.45) is 0.746. The molecule has 0 heterocycles. The van der Waals surface area contributed by atoms with Gasteiger partial charge in [0.25, 0.3) is 0 Å². The molecule has 0 aliphatic rings. The fraction of sp³-hybridized carbons (Fsp3) is 0.538. The Morgan fingerprint density at radius 2 is 2.12 bits per heavy atom. The highest BCUT2D eigenvalue weighted by atomic mass is 35.5. The highest BCUT2D eigenvalue weighted by molar-refractivity contribution is 6.32. The molecule has 1 aromatic rings. The molecule has 96 valence electrons. The SMILES string of the molecule is CCC(CC(O)CO)c1ccc(OC)c(Cl)c1. The highest BCUT2D eigenvalue weighted by Gasteiger charge is 2.15. The van der Waals surface area contributed by atoms with E-state index in [4.69, 9.17) is 21.4 Å². The van der Waals surface area contributed by atoms with Gasteiger partial charge in [-0.3, -0.25) is 0 Å². The lowest BCUT2D eigenvalue weighted by molar-refractivity contribution is 0.0817. The molecule has 1 rings (SSSR count). The molecule has 2 atom stereocenters. The highest BCUT2D eigenvalue weighted by Crippen LogP contribution is 2.31. The Morgan fingerprint density at radius 1 is 1.41 bits per heavy atom. The predicted molar refractivity (Wildman–Crippen MR) is 68.7 cm³/mol. The van der Waals surface area contributed by atoms with Gasteiger partial charge in [0.05, 0.1) is 24.8 Å². The number of aliphatic hydroxyl groups excluding tert-OH is 2. The van der Waals surface area contributed by atoms with Crippen molar-refractivity contribution in [3.8, 4) is 5.75 Å². The van der Waals surface area contributed by atoms with E-state index in [2.05, 4.69) is 0 Å². The number of halogens is 1. The van der Waals surface area contributed by atoms with Crippen LogP contribution in [0.15, 0.2) is 18.2 Å². The second-order valence-electron chi connectivity index (χ2n) is 4.07. The van der Waals surface area contributed by atoms with Gasteiger partial charge in [-0.2, -0.15) is 0 Å². The molecular formula is C13H19ClO3. The molecule has 0 saturated heterocycles. The van der Waals surface area contributed by atoms with Crippen LogP contribution in [0.25, 0.3) is 0 Å². The average Bonchev–Trinajstić information content (AvgIpc) is 2.35. The van der Waals surface area contributed by atoms with Crippen LogP contribution in [-0.2, 0) is 0 Å². The van der Waals surface area contributed by atoms with Crippen LogP contribution in [-0.4, -0.2) is 30.0 Å². The summed E-state index contributed by atoms with van der Waals surface area (Å²) in [4.78, 5) is 0. The molecular weight excluding hydrogens is 240 g/mol. The van der Waals surface area contributed by atoms with Gasteiger partial charge in [-0.1, -0.05) is 24.6 Å². The van der Waals surface area contributed by atoms with Crippen molar-refractivity contribution in [3.05, 3.63) is 28.8 Å². The van der Waals surface area contributed by atoms with Crippen LogP contribution in [0.5, 0.6) is 5.75 Å². The van der Waals surface area contributed by atoms with E-state index >= 15 is 0 Å². The summed E-state index contributed by atoms with van der Waals surface area (Å²) in [6.45, 7) is 1.84. The fourth-order valence-corrected chi connectivity index (χ4v) is 2.14. The monoisotopic (exact) mass is 258 g/mol. The summed E-state index contributed by atoms with van der Waals surface area (Å²) >= 11 is 6.06. The van der Waals surface area contributed by atoms with E-state index in [1.807, 2.05) is 25.1 Å². The molecule has 0 aliphatic heterocycles. The van der Waals surface area contributed by atoms with E-state index in [0.29, 0.717) is 17.2 Å². The van der Waals surface area contributed by atoms with Crippen LogP contribution < -0.4 is 4.74 Å². The van der Waals surface area contributed by atoms with Crippen LogP contribution in [0.3, 0.4) is 0 Å². The van der Waals surface area contributed by atoms with E-state index in [1.165, 1.54) is 0 Å². The molecule has 2 unspecified atom stereocenters. The molecule has 4 heteroatoms. The molecule has 0 spiro atoms. The summed E-state index contributed by atoms with van der Waals surface area (Å²) in [5.41, 5.74) is 1.06. The molecule has 17 heavy (non-hydrogen) atoms.